The Morgan fingerprint density at radius 2 is 2.04 bits per heavy atom. The Morgan fingerprint density at radius 1 is 1.30 bits per heavy atom. The van der Waals surface area contributed by atoms with Gasteiger partial charge in [0.05, 0.1) is 6.61 Å². The number of carbonyl (C=O) groups excluding carboxylic acids is 1. The van der Waals surface area contributed by atoms with Crippen molar-refractivity contribution in [1.82, 2.24) is 5.32 Å². The van der Waals surface area contributed by atoms with E-state index in [2.05, 4.69) is 5.32 Å². The summed E-state index contributed by atoms with van der Waals surface area (Å²) in [6.07, 6.45) is -3.11. The number of rotatable bonds is 10. The first kappa shape index (κ1) is 18.8. The van der Waals surface area contributed by atoms with Gasteiger partial charge < -0.3 is 19.9 Å². The van der Waals surface area contributed by atoms with Crippen LogP contribution in [-0.4, -0.2) is 49.8 Å². The van der Waals surface area contributed by atoms with Crippen molar-refractivity contribution in [3.05, 3.63) is 29.8 Å². The number of halogens is 2. The number of ether oxygens (including phenoxy) is 2. The van der Waals surface area contributed by atoms with Gasteiger partial charge in [-0.3, -0.25) is 4.79 Å². The minimum atomic E-state index is -2.83. The van der Waals surface area contributed by atoms with Crippen LogP contribution in [0.4, 0.5) is 8.78 Å². The largest absolute Gasteiger partial charge is 0.493 e. The minimum Gasteiger partial charge on any atom is -0.493 e. The molecule has 0 aliphatic carbocycles. The Bertz CT molecular complexity index is 524. The smallest absolute Gasteiger partial charge is 0.326 e. The van der Waals surface area contributed by atoms with Crippen LogP contribution in [0, 0.1) is 0 Å². The summed E-state index contributed by atoms with van der Waals surface area (Å²) in [7, 11) is 1.57. The maximum atomic E-state index is 12.3. The molecule has 0 aliphatic heterocycles. The third-order valence-corrected chi connectivity index (χ3v) is 2.88. The van der Waals surface area contributed by atoms with Crippen LogP contribution in [0.15, 0.2) is 24.3 Å². The molecule has 1 aromatic rings. The number of hydrogen-bond acceptors (Lipinski definition) is 4. The highest BCUT2D eigenvalue weighted by atomic mass is 19.3. The molecule has 0 saturated carbocycles. The summed E-state index contributed by atoms with van der Waals surface area (Å²) >= 11 is 0. The first-order valence-corrected chi connectivity index (χ1v) is 6.97. The highest BCUT2D eigenvalue weighted by molar-refractivity contribution is 5.96. The van der Waals surface area contributed by atoms with Gasteiger partial charge in [-0.25, -0.2) is 13.6 Å². The highest BCUT2D eigenvalue weighted by Crippen LogP contribution is 2.14. The summed E-state index contributed by atoms with van der Waals surface area (Å²) in [5.41, 5.74) is 0.134. The fourth-order valence-electron chi connectivity index (χ4n) is 1.76. The lowest BCUT2D eigenvalue weighted by Gasteiger charge is -2.14. The van der Waals surface area contributed by atoms with Crippen LogP contribution < -0.4 is 10.1 Å². The first-order valence-electron chi connectivity index (χ1n) is 6.97. The number of alkyl halides is 2. The molecule has 0 aromatic heterocycles. The molecule has 0 aliphatic rings. The molecule has 0 radical (unpaired) electrons. The number of benzene rings is 1. The van der Waals surface area contributed by atoms with E-state index in [1.54, 1.807) is 19.2 Å². The molecule has 8 heteroatoms. The van der Waals surface area contributed by atoms with Crippen molar-refractivity contribution in [2.75, 3.05) is 20.3 Å². The van der Waals surface area contributed by atoms with Gasteiger partial charge in [0.25, 0.3) is 5.91 Å². The summed E-state index contributed by atoms with van der Waals surface area (Å²) in [6, 6.07) is 4.41. The van der Waals surface area contributed by atoms with E-state index in [0.717, 1.165) is 0 Å². The molecular weight excluding hydrogens is 312 g/mol. The van der Waals surface area contributed by atoms with Gasteiger partial charge in [-0.15, -0.1) is 0 Å². The molecule has 0 bridgehead atoms. The molecule has 128 valence electrons. The molecule has 1 unspecified atom stereocenters. The number of hydrogen-bond donors (Lipinski definition) is 2. The van der Waals surface area contributed by atoms with Crippen LogP contribution in [0.3, 0.4) is 0 Å². The fourth-order valence-corrected chi connectivity index (χ4v) is 1.76. The SMILES string of the molecule is COCCCOc1cccc(C(=O)NC(CC(F)F)C(=O)O)c1. The van der Waals surface area contributed by atoms with Gasteiger partial charge in [0.15, 0.2) is 0 Å². The van der Waals surface area contributed by atoms with Gasteiger partial charge >= 0.3 is 5.97 Å². The molecule has 0 saturated heterocycles. The summed E-state index contributed by atoms with van der Waals surface area (Å²) in [5, 5.41) is 10.9. The van der Waals surface area contributed by atoms with Crippen molar-refractivity contribution in [3.8, 4) is 5.75 Å². The number of carbonyl (C=O) groups is 2. The van der Waals surface area contributed by atoms with E-state index in [9.17, 15) is 18.4 Å². The fraction of sp³-hybridized carbons (Fsp3) is 0.467. The lowest BCUT2D eigenvalue weighted by molar-refractivity contribution is -0.140. The van der Waals surface area contributed by atoms with Gasteiger partial charge in [0, 0.05) is 32.1 Å². The zero-order chi connectivity index (χ0) is 17.2. The number of amides is 1. The Labute approximate surface area is 132 Å². The van der Waals surface area contributed by atoms with E-state index in [1.165, 1.54) is 12.1 Å². The number of aliphatic carboxylic acids is 1. The normalized spacial score (nSPS) is 12.0. The average molecular weight is 331 g/mol. The molecule has 23 heavy (non-hydrogen) atoms. The molecule has 0 fully saturated rings. The summed E-state index contributed by atoms with van der Waals surface area (Å²) < 4.78 is 34.9. The predicted octanol–water partition coefficient (Wildman–Crippen LogP) is 1.94. The van der Waals surface area contributed by atoms with Crippen LogP contribution in [0.2, 0.25) is 0 Å². The van der Waals surface area contributed by atoms with Gasteiger partial charge in [0.2, 0.25) is 6.43 Å². The molecular formula is C15H19F2NO5. The van der Waals surface area contributed by atoms with Crippen LogP contribution in [-0.2, 0) is 9.53 Å². The molecule has 1 aromatic carbocycles. The van der Waals surface area contributed by atoms with E-state index >= 15 is 0 Å². The van der Waals surface area contributed by atoms with Crippen molar-refractivity contribution in [3.63, 3.8) is 0 Å². The summed E-state index contributed by atoms with van der Waals surface area (Å²) in [4.78, 5) is 22.9. The molecule has 1 rings (SSSR count). The zero-order valence-electron chi connectivity index (χ0n) is 12.6. The zero-order valence-corrected chi connectivity index (χ0v) is 12.6. The average Bonchev–Trinajstić information content (AvgIpc) is 2.50. The van der Waals surface area contributed by atoms with Crippen molar-refractivity contribution < 1.29 is 33.0 Å². The van der Waals surface area contributed by atoms with Gasteiger partial charge in [-0.1, -0.05) is 6.07 Å². The quantitative estimate of drug-likeness (QED) is 0.640. The van der Waals surface area contributed by atoms with E-state index < -0.39 is 30.8 Å². The third-order valence-electron chi connectivity index (χ3n) is 2.88. The van der Waals surface area contributed by atoms with Crippen molar-refractivity contribution in [1.29, 1.82) is 0 Å². The number of nitrogens with one attached hydrogen (secondary N) is 1. The van der Waals surface area contributed by atoms with E-state index in [4.69, 9.17) is 14.6 Å². The lowest BCUT2D eigenvalue weighted by atomic mass is 10.1. The van der Waals surface area contributed by atoms with Gasteiger partial charge in [-0.05, 0) is 18.2 Å². The van der Waals surface area contributed by atoms with Crippen LogP contribution in [0.25, 0.3) is 0 Å². The summed E-state index contributed by atoms with van der Waals surface area (Å²) in [6.45, 7) is 0.927. The second-order valence-electron chi connectivity index (χ2n) is 4.71. The van der Waals surface area contributed by atoms with Crippen molar-refractivity contribution in [2.24, 2.45) is 0 Å². The summed E-state index contributed by atoms with van der Waals surface area (Å²) in [5.74, 6) is -1.83. The van der Waals surface area contributed by atoms with E-state index in [0.29, 0.717) is 25.4 Å². The van der Waals surface area contributed by atoms with Crippen molar-refractivity contribution >= 4 is 11.9 Å². The monoisotopic (exact) mass is 331 g/mol. The number of methoxy groups -OCH3 is 1. The molecule has 0 heterocycles. The van der Waals surface area contributed by atoms with Gasteiger partial charge in [-0.2, -0.15) is 0 Å². The Kier molecular flexibility index (Phi) is 7.96. The minimum absolute atomic E-state index is 0.134. The van der Waals surface area contributed by atoms with Crippen LogP contribution >= 0.6 is 0 Å². The van der Waals surface area contributed by atoms with Crippen LogP contribution in [0.5, 0.6) is 5.75 Å². The maximum absolute atomic E-state index is 12.3. The second kappa shape index (κ2) is 9.73. The molecule has 1 atom stereocenters. The van der Waals surface area contributed by atoms with E-state index in [1.807, 2.05) is 0 Å². The Hall–Kier alpha value is -2.22. The topological polar surface area (TPSA) is 84.9 Å². The Morgan fingerprint density at radius 3 is 2.65 bits per heavy atom. The molecule has 2 N–H and O–H groups in total. The number of carboxylic acid groups (broad SMARTS) is 1. The molecule has 1 amide bonds. The highest BCUT2D eigenvalue weighted by Gasteiger charge is 2.24. The second-order valence-corrected chi connectivity index (χ2v) is 4.71. The first-order chi connectivity index (χ1) is 10.9. The number of carboxylic acids is 1. The van der Waals surface area contributed by atoms with Gasteiger partial charge in [0.1, 0.15) is 11.8 Å². The third kappa shape index (κ3) is 7.05. The van der Waals surface area contributed by atoms with E-state index in [-0.39, 0.29) is 5.56 Å². The van der Waals surface area contributed by atoms with Crippen molar-refractivity contribution in [2.45, 2.75) is 25.3 Å². The maximum Gasteiger partial charge on any atom is 0.326 e. The molecule has 6 nitrogen and oxygen atoms in total. The Balaban J connectivity index is 2.66. The molecule has 0 spiro atoms. The van der Waals surface area contributed by atoms with Crippen LogP contribution in [0.1, 0.15) is 23.2 Å². The predicted molar refractivity (Wildman–Crippen MR) is 77.9 cm³/mol. The standard InChI is InChI=1S/C15H19F2NO5/c1-22-6-3-7-23-11-5-2-4-10(8-11)14(19)18-12(15(20)21)9-13(16)17/h2,4-5,8,12-13H,3,6-7,9H2,1H3,(H,18,19)(H,20,21). The lowest BCUT2D eigenvalue weighted by Crippen LogP contribution is -2.42.